The van der Waals surface area contributed by atoms with E-state index in [1.54, 1.807) is 6.20 Å². The Balaban J connectivity index is 1.79. The first kappa shape index (κ1) is 19.0. The van der Waals surface area contributed by atoms with Gasteiger partial charge in [0, 0.05) is 30.2 Å². The number of nitrogens with zero attached hydrogens (tertiary/aromatic N) is 5. The van der Waals surface area contributed by atoms with Gasteiger partial charge in [0.15, 0.2) is 20.5 Å². The predicted octanol–water partition coefficient (Wildman–Crippen LogP) is 3.73. The van der Waals surface area contributed by atoms with Gasteiger partial charge in [-0.25, -0.2) is 22.9 Å². The van der Waals surface area contributed by atoms with Gasteiger partial charge in [0.25, 0.3) is 0 Å². The second-order valence-electron chi connectivity index (χ2n) is 7.27. The standard InChI is InChI=1S/C19H16F3N5O2S/c1-2-30(28,29)18-16(17-23-7-5-14(11-3-4-11)27(17)25-18)13-10-26-8-6-12(19(20,21)22)9-15(26)24-13/h5-11H,2-4H2,1H3. The molecule has 0 unspecified atom stereocenters. The molecular weight excluding hydrogens is 419 g/mol. The Bertz CT molecular complexity index is 1400. The highest BCUT2D eigenvalue weighted by Crippen LogP contribution is 2.41. The van der Waals surface area contributed by atoms with E-state index in [1.165, 1.54) is 28.2 Å². The van der Waals surface area contributed by atoms with Crippen LogP contribution in [0.15, 0.2) is 41.8 Å². The molecule has 0 atom stereocenters. The molecule has 4 aromatic heterocycles. The minimum absolute atomic E-state index is 0.0531. The average Bonchev–Trinajstić information content (AvgIpc) is 3.33. The van der Waals surface area contributed by atoms with E-state index in [0.717, 1.165) is 30.7 Å². The Morgan fingerprint density at radius 3 is 2.67 bits per heavy atom. The van der Waals surface area contributed by atoms with Gasteiger partial charge in [-0.3, -0.25) is 0 Å². The molecule has 0 aromatic carbocycles. The molecule has 1 fully saturated rings. The lowest BCUT2D eigenvalue weighted by Gasteiger charge is -2.05. The lowest BCUT2D eigenvalue weighted by molar-refractivity contribution is -0.137. The molecule has 5 rings (SSSR count). The van der Waals surface area contributed by atoms with Crippen molar-refractivity contribution in [2.45, 2.75) is 36.9 Å². The minimum atomic E-state index is -4.50. The molecule has 1 aliphatic rings. The zero-order chi connectivity index (χ0) is 21.3. The van der Waals surface area contributed by atoms with Crippen molar-refractivity contribution in [2.75, 3.05) is 5.75 Å². The van der Waals surface area contributed by atoms with Gasteiger partial charge in [0.2, 0.25) is 0 Å². The van der Waals surface area contributed by atoms with Crippen LogP contribution in [0.25, 0.3) is 22.6 Å². The molecule has 0 saturated heterocycles. The number of halogens is 3. The molecule has 11 heteroatoms. The maximum Gasteiger partial charge on any atom is 0.416 e. The molecule has 1 aliphatic carbocycles. The van der Waals surface area contributed by atoms with Gasteiger partial charge in [0.05, 0.1) is 22.6 Å². The number of imidazole rings is 1. The summed E-state index contributed by atoms with van der Waals surface area (Å²) in [6.07, 6.45) is 1.80. The fraction of sp³-hybridized carbons (Fsp3) is 0.316. The number of pyridine rings is 1. The third-order valence-electron chi connectivity index (χ3n) is 5.23. The third-order valence-corrected chi connectivity index (χ3v) is 6.86. The van der Waals surface area contributed by atoms with Gasteiger partial charge in [-0.05, 0) is 31.0 Å². The number of fused-ring (bicyclic) bond motifs is 2. The van der Waals surface area contributed by atoms with Gasteiger partial charge in [-0.15, -0.1) is 0 Å². The number of aromatic nitrogens is 5. The normalized spacial score (nSPS) is 15.3. The predicted molar refractivity (Wildman–Crippen MR) is 102 cm³/mol. The van der Waals surface area contributed by atoms with Crippen LogP contribution in [0.3, 0.4) is 0 Å². The highest BCUT2D eigenvalue weighted by atomic mass is 32.2. The van der Waals surface area contributed by atoms with Crippen LogP contribution in [0.2, 0.25) is 0 Å². The van der Waals surface area contributed by atoms with E-state index >= 15 is 0 Å². The van der Waals surface area contributed by atoms with Gasteiger partial charge in [-0.1, -0.05) is 6.92 Å². The zero-order valence-corrected chi connectivity index (χ0v) is 16.6. The number of hydrogen-bond donors (Lipinski definition) is 0. The Morgan fingerprint density at radius 2 is 2.00 bits per heavy atom. The van der Waals surface area contributed by atoms with Crippen LogP contribution < -0.4 is 0 Å². The van der Waals surface area contributed by atoms with Crippen LogP contribution in [0.1, 0.15) is 36.9 Å². The maximum atomic E-state index is 13.1. The van der Waals surface area contributed by atoms with Crippen molar-refractivity contribution >= 4 is 21.1 Å². The summed E-state index contributed by atoms with van der Waals surface area (Å²) in [4.78, 5) is 8.61. The average molecular weight is 435 g/mol. The molecule has 0 spiro atoms. The summed E-state index contributed by atoms with van der Waals surface area (Å²) in [6.45, 7) is 1.51. The summed E-state index contributed by atoms with van der Waals surface area (Å²) in [5, 5.41) is 4.19. The summed E-state index contributed by atoms with van der Waals surface area (Å²) in [7, 11) is -3.73. The summed E-state index contributed by atoms with van der Waals surface area (Å²) in [5.41, 5.74) is 0.820. The summed E-state index contributed by atoms with van der Waals surface area (Å²) >= 11 is 0. The van der Waals surface area contributed by atoms with E-state index < -0.39 is 21.6 Å². The van der Waals surface area contributed by atoms with Crippen LogP contribution in [0, 0.1) is 0 Å². The van der Waals surface area contributed by atoms with Gasteiger partial charge < -0.3 is 4.40 Å². The summed E-state index contributed by atoms with van der Waals surface area (Å²) in [5.74, 6) is 0.115. The van der Waals surface area contributed by atoms with Crippen molar-refractivity contribution in [1.29, 1.82) is 0 Å². The van der Waals surface area contributed by atoms with Gasteiger partial charge in [0.1, 0.15) is 5.65 Å². The summed E-state index contributed by atoms with van der Waals surface area (Å²) in [6, 6.07) is 3.68. The SMILES string of the molecule is CCS(=O)(=O)c1nn2c(C3CC3)ccnc2c1-c1cn2ccc(C(F)(F)F)cc2n1. The Morgan fingerprint density at radius 1 is 1.23 bits per heavy atom. The number of hydrogen-bond acceptors (Lipinski definition) is 5. The second kappa shape index (κ2) is 6.27. The van der Waals surface area contributed by atoms with E-state index in [9.17, 15) is 21.6 Å². The van der Waals surface area contributed by atoms with Crippen molar-refractivity contribution < 1.29 is 21.6 Å². The number of rotatable bonds is 4. The monoisotopic (exact) mass is 435 g/mol. The van der Waals surface area contributed by atoms with E-state index in [0.29, 0.717) is 5.65 Å². The first-order valence-corrected chi connectivity index (χ1v) is 11.0. The molecular formula is C19H16F3N5O2S. The zero-order valence-electron chi connectivity index (χ0n) is 15.8. The van der Waals surface area contributed by atoms with Crippen molar-refractivity contribution in [2.24, 2.45) is 0 Å². The lowest BCUT2D eigenvalue weighted by Crippen LogP contribution is -2.06. The molecule has 4 heterocycles. The molecule has 0 aliphatic heterocycles. The van der Waals surface area contributed by atoms with Crippen LogP contribution in [-0.4, -0.2) is 38.2 Å². The first-order valence-electron chi connectivity index (χ1n) is 9.36. The highest BCUT2D eigenvalue weighted by molar-refractivity contribution is 7.91. The maximum absolute atomic E-state index is 13.1. The molecule has 0 amide bonds. The van der Waals surface area contributed by atoms with Gasteiger partial charge in [-0.2, -0.15) is 18.3 Å². The Labute approximate surface area is 169 Å². The van der Waals surface area contributed by atoms with Crippen LogP contribution >= 0.6 is 0 Å². The number of alkyl halides is 3. The van der Waals surface area contributed by atoms with Crippen molar-refractivity contribution in [3.8, 4) is 11.3 Å². The fourth-order valence-electron chi connectivity index (χ4n) is 3.49. The summed E-state index contributed by atoms with van der Waals surface area (Å²) < 4.78 is 67.7. The van der Waals surface area contributed by atoms with Crippen LogP contribution in [0.5, 0.6) is 0 Å². The molecule has 0 radical (unpaired) electrons. The van der Waals surface area contributed by atoms with Crippen molar-refractivity contribution in [3.05, 3.63) is 48.0 Å². The van der Waals surface area contributed by atoms with E-state index in [2.05, 4.69) is 15.1 Å². The van der Waals surface area contributed by atoms with Crippen molar-refractivity contribution in [1.82, 2.24) is 24.0 Å². The first-order chi connectivity index (χ1) is 14.2. The van der Waals surface area contributed by atoms with Crippen LogP contribution in [-0.2, 0) is 16.0 Å². The molecule has 0 bridgehead atoms. The van der Waals surface area contributed by atoms with Gasteiger partial charge >= 0.3 is 6.18 Å². The molecule has 1 saturated carbocycles. The topological polar surface area (TPSA) is 81.6 Å². The fourth-order valence-corrected chi connectivity index (χ4v) is 4.48. The number of sulfone groups is 1. The van der Waals surface area contributed by atoms with E-state index in [4.69, 9.17) is 0 Å². The Hall–Kier alpha value is -2.95. The largest absolute Gasteiger partial charge is 0.416 e. The third kappa shape index (κ3) is 2.95. The molecule has 7 nitrogen and oxygen atoms in total. The van der Waals surface area contributed by atoms with E-state index in [-0.39, 0.29) is 33.6 Å². The molecule has 0 N–H and O–H groups in total. The van der Waals surface area contributed by atoms with Crippen LogP contribution in [0.4, 0.5) is 13.2 Å². The molecule has 30 heavy (non-hydrogen) atoms. The van der Waals surface area contributed by atoms with E-state index in [1.807, 2.05) is 6.07 Å². The minimum Gasteiger partial charge on any atom is -0.306 e. The molecule has 156 valence electrons. The second-order valence-corrected chi connectivity index (χ2v) is 9.46. The van der Waals surface area contributed by atoms with Crippen molar-refractivity contribution in [3.63, 3.8) is 0 Å². The highest BCUT2D eigenvalue weighted by Gasteiger charge is 2.33. The Kier molecular flexibility index (Phi) is 3.98. The quantitative estimate of drug-likeness (QED) is 0.488. The molecule has 4 aromatic rings. The lowest BCUT2D eigenvalue weighted by atomic mass is 10.2. The smallest absolute Gasteiger partial charge is 0.306 e.